The number of hydrogen-bond acceptors (Lipinski definition) is 6. The SMILES string of the molecule is COC(OC)c1nn(C2CCCCO2)c2ccc(B3OC(C)(C)C(C)(C)O3)cc12. The number of methoxy groups -OCH3 is 2. The summed E-state index contributed by atoms with van der Waals surface area (Å²) in [6, 6.07) is 6.18. The summed E-state index contributed by atoms with van der Waals surface area (Å²) in [6.07, 6.45) is 2.53. The third-order valence-corrected chi connectivity index (χ3v) is 6.36. The number of aromatic nitrogens is 2. The monoisotopic (exact) mass is 402 g/mol. The molecule has 158 valence electrons. The van der Waals surface area contributed by atoms with Crippen molar-refractivity contribution in [2.45, 2.75) is 70.7 Å². The summed E-state index contributed by atoms with van der Waals surface area (Å²) < 4.78 is 31.5. The first-order chi connectivity index (χ1) is 13.8. The van der Waals surface area contributed by atoms with E-state index in [-0.39, 0.29) is 6.23 Å². The van der Waals surface area contributed by atoms with E-state index in [9.17, 15) is 0 Å². The summed E-state index contributed by atoms with van der Waals surface area (Å²) in [4.78, 5) is 0. The van der Waals surface area contributed by atoms with Crippen LogP contribution in [0.15, 0.2) is 18.2 Å². The van der Waals surface area contributed by atoms with Gasteiger partial charge in [-0.2, -0.15) is 5.10 Å². The van der Waals surface area contributed by atoms with Crippen LogP contribution in [0.4, 0.5) is 0 Å². The van der Waals surface area contributed by atoms with Crippen LogP contribution in [0.3, 0.4) is 0 Å². The van der Waals surface area contributed by atoms with Gasteiger partial charge >= 0.3 is 7.12 Å². The Kier molecular flexibility index (Phi) is 5.50. The number of benzene rings is 1. The van der Waals surface area contributed by atoms with Gasteiger partial charge in [0.05, 0.1) is 16.7 Å². The minimum atomic E-state index is -0.559. The molecule has 0 bridgehead atoms. The quantitative estimate of drug-likeness (QED) is 0.565. The molecule has 0 N–H and O–H groups in total. The van der Waals surface area contributed by atoms with E-state index in [0.717, 1.165) is 47.9 Å². The van der Waals surface area contributed by atoms with Crippen molar-refractivity contribution in [2.75, 3.05) is 20.8 Å². The van der Waals surface area contributed by atoms with E-state index in [0.29, 0.717) is 0 Å². The molecule has 29 heavy (non-hydrogen) atoms. The topological polar surface area (TPSA) is 64.0 Å². The van der Waals surface area contributed by atoms with Gasteiger partial charge < -0.3 is 23.5 Å². The fourth-order valence-corrected chi connectivity index (χ4v) is 3.94. The third-order valence-electron chi connectivity index (χ3n) is 6.36. The van der Waals surface area contributed by atoms with E-state index in [1.165, 1.54) is 0 Å². The Morgan fingerprint density at radius 2 is 1.79 bits per heavy atom. The molecule has 3 heterocycles. The highest BCUT2D eigenvalue weighted by Crippen LogP contribution is 2.37. The molecule has 8 heteroatoms. The van der Waals surface area contributed by atoms with Crippen molar-refractivity contribution in [2.24, 2.45) is 0 Å². The maximum absolute atomic E-state index is 6.24. The largest absolute Gasteiger partial charge is 0.494 e. The van der Waals surface area contributed by atoms with Gasteiger partial charge in [0.15, 0.2) is 6.23 Å². The zero-order valence-corrected chi connectivity index (χ0v) is 18.2. The van der Waals surface area contributed by atoms with Crippen molar-refractivity contribution in [3.8, 4) is 0 Å². The smallest absolute Gasteiger partial charge is 0.399 e. The number of hydrogen-bond donors (Lipinski definition) is 0. The fourth-order valence-electron chi connectivity index (χ4n) is 3.94. The number of nitrogens with zero attached hydrogens (tertiary/aromatic N) is 2. The lowest BCUT2D eigenvalue weighted by Crippen LogP contribution is -2.41. The zero-order valence-electron chi connectivity index (χ0n) is 18.2. The molecule has 0 radical (unpaired) electrons. The molecule has 1 aromatic heterocycles. The second-order valence-corrected chi connectivity index (χ2v) is 8.82. The highest BCUT2D eigenvalue weighted by Gasteiger charge is 2.51. The van der Waals surface area contributed by atoms with E-state index in [1.807, 2.05) is 10.7 Å². The van der Waals surface area contributed by atoms with Gasteiger partial charge in [0.25, 0.3) is 0 Å². The summed E-state index contributed by atoms with van der Waals surface area (Å²) >= 11 is 0. The van der Waals surface area contributed by atoms with Crippen molar-refractivity contribution in [1.29, 1.82) is 0 Å². The van der Waals surface area contributed by atoms with E-state index < -0.39 is 24.6 Å². The van der Waals surface area contributed by atoms with Gasteiger partial charge in [-0.15, -0.1) is 0 Å². The van der Waals surface area contributed by atoms with Gasteiger partial charge in [-0.05, 0) is 58.5 Å². The Labute approximate surface area is 172 Å². The van der Waals surface area contributed by atoms with Crippen molar-refractivity contribution >= 4 is 23.5 Å². The van der Waals surface area contributed by atoms with Crippen LogP contribution >= 0.6 is 0 Å². The summed E-state index contributed by atoms with van der Waals surface area (Å²) in [5.74, 6) is 0. The third kappa shape index (κ3) is 3.61. The molecule has 2 aliphatic rings. The Hall–Kier alpha value is -1.45. The molecule has 7 nitrogen and oxygen atoms in total. The predicted molar refractivity (Wildman–Crippen MR) is 111 cm³/mol. The van der Waals surface area contributed by atoms with Crippen molar-refractivity contribution < 1.29 is 23.5 Å². The molecule has 2 saturated heterocycles. The van der Waals surface area contributed by atoms with Gasteiger partial charge in [0, 0.05) is 26.2 Å². The molecule has 1 aromatic carbocycles. The number of rotatable bonds is 5. The van der Waals surface area contributed by atoms with Crippen LogP contribution in [0.5, 0.6) is 0 Å². The molecule has 2 aliphatic heterocycles. The van der Waals surface area contributed by atoms with Crippen LogP contribution in [0.25, 0.3) is 10.9 Å². The van der Waals surface area contributed by atoms with Crippen LogP contribution in [-0.4, -0.2) is 48.9 Å². The Bertz CT molecular complexity index is 855. The van der Waals surface area contributed by atoms with Crippen LogP contribution in [-0.2, 0) is 23.5 Å². The summed E-state index contributed by atoms with van der Waals surface area (Å²) in [5.41, 5.74) is 1.89. The minimum absolute atomic E-state index is 0.0722. The molecular weight excluding hydrogens is 371 g/mol. The van der Waals surface area contributed by atoms with Crippen molar-refractivity contribution in [1.82, 2.24) is 9.78 Å². The predicted octanol–water partition coefficient (Wildman–Crippen LogP) is 3.33. The molecule has 2 aromatic rings. The van der Waals surface area contributed by atoms with E-state index in [4.69, 9.17) is 28.6 Å². The van der Waals surface area contributed by atoms with Gasteiger partial charge in [0.1, 0.15) is 5.69 Å². The summed E-state index contributed by atoms with van der Waals surface area (Å²) in [6.45, 7) is 8.98. The van der Waals surface area contributed by atoms with E-state index in [1.54, 1.807) is 14.2 Å². The molecule has 1 atom stereocenters. The van der Waals surface area contributed by atoms with Gasteiger partial charge in [-0.3, -0.25) is 0 Å². The van der Waals surface area contributed by atoms with Crippen LogP contribution in [0.2, 0.25) is 0 Å². The Morgan fingerprint density at radius 1 is 1.10 bits per heavy atom. The lowest BCUT2D eigenvalue weighted by atomic mass is 9.78. The summed E-state index contributed by atoms with van der Waals surface area (Å²) in [7, 11) is 2.80. The van der Waals surface area contributed by atoms with E-state index >= 15 is 0 Å². The van der Waals surface area contributed by atoms with Gasteiger partial charge in [-0.25, -0.2) is 4.68 Å². The van der Waals surface area contributed by atoms with Crippen LogP contribution in [0, 0.1) is 0 Å². The first kappa shape index (κ1) is 20.8. The second-order valence-electron chi connectivity index (χ2n) is 8.82. The molecule has 1 unspecified atom stereocenters. The maximum Gasteiger partial charge on any atom is 0.494 e. The molecular formula is C21H31BN2O5. The molecule has 4 rings (SSSR count). The zero-order chi connectivity index (χ0) is 20.8. The van der Waals surface area contributed by atoms with Crippen LogP contribution in [0.1, 0.15) is 65.2 Å². The highest BCUT2D eigenvalue weighted by molar-refractivity contribution is 6.62. The average Bonchev–Trinajstić information content (AvgIpc) is 3.17. The highest BCUT2D eigenvalue weighted by atomic mass is 16.7. The summed E-state index contributed by atoms with van der Waals surface area (Å²) in [5, 5.41) is 5.80. The van der Waals surface area contributed by atoms with E-state index in [2.05, 4.69) is 39.8 Å². The van der Waals surface area contributed by atoms with Crippen molar-refractivity contribution in [3.05, 3.63) is 23.9 Å². The fraction of sp³-hybridized carbons (Fsp3) is 0.667. The van der Waals surface area contributed by atoms with Crippen molar-refractivity contribution in [3.63, 3.8) is 0 Å². The normalized spacial score (nSPS) is 24.0. The number of ether oxygens (including phenoxy) is 3. The first-order valence-electron chi connectivity index (χ1n) is 10.3. The second kappa shape index (κ2) is 7.67. The Balaban J connectivity index is 1.77. The molecule has 0 saturated carbocycles. The van der Waals surface area contributed by atoms with Crippen LogP contribution < -0.4 is 5.46 Å². The standard InChI is InChI=1S/C21H31BN2O5/c1-20(2)21(3,4)29-22(28-20)14-10-11-16-15(13-14)18(19(25-5)26-6)23-24(16)17-9-7-8-12-27-17/h10-11,13,17,19H,7-9,12H2,1-6H3. The molecule has 0 aliphatic carbocycles. The minimum Gasteiger partial charge on any atom is -0.399 e. The van der Waals surface area contributed by atoms with Gasteiger partial charge in [-0.1, -0.05) is 12.1 Å². The first-order valence-corrected chi connectivity index (χ1v) is 10.3. The average molecular weight is 402 g/mol. The lowest BCUT2D eigenvalue weighted by Gasteiger charge is -2.32. The van der Waals surface area contributed by atoms with Gasteiger partial charge in [0.2, 0.25) is 6.29 Å². The maximum atomic E-state index is 6.24. The lowest BCUT2D eigenvalue weighted by molar-refractivity contribution is -0.109. The Morgan fingerprint density at radius 3 is 2.38 bits per heavy atom. The molecule has 0 spiro atoms. The number of fused-ring (bicyclic) bond motifs is 1. The molecule has 0 amide bonds. The molecule has 2 fully saturated rings.